The average Bonchev–Trinajstić information content (AvgIpc) is 2.88. The normalized spacial score (nSPS) is 58.7. The number of rotatable bonds is 1. The molecule has 1 aliphatic heterocycles. The fourth-order valence-electron chi connectivity index (χ4n) is 7.77. The van der Waals surface area contributed by atoms with Gasteiger partial charge in [-0.25, -0.2) is 0 Å². The maximum absolute atomic E-state index is 12.7. The van der Waals surface area contributed by atoms with E-state index in [4.69, 9.17) is 4.74 Å². The average molecular weight is 348 g/mol. The second-order valence-corrected chi connectivity index (χ2v) is 9.43. The van der Waals surface area contributed by atoms with E-state index in [1.54, 1.807) is 6.92 Å². The zero-order valence-electron chi connectivity index (χ0n) is 14.3. The van der Waals surface area contributed by atoms with Crippen LogP contribution in [0.15, 0.2) is 12.2 Å². The fourth-order valence-corrected chi connectivity index (χ4v) is 7.77. The highest BCUT2D eigenvalue weighted by Crippen LogP contribution is 2.78. The van der Waals surface area contributed by atoms with Crippen molar-refractivity contribution in [3.05, 3.63) is 12.2 Å². The molecular weight excluding hydrogens is 324 g/mol. The lowest BCUT2D eigenvalue weighted by Gasteiger charge is -2.46. The van der Waals surface area contributed by atoms with E-state index < -0.39 is 45.9 Å². The molecule has 4 saturated carbocycles. The number of fused-ring (bicyclic) bond motifs is 1. The molecule has 0 aromatic carbocycles. The summed E-state index contributed by atoms with van der Waals surface area (Å²) in [4.78, 5) is 25.1. The Morgan fingerprint density at radius 2 is 2.08 bits per heavy atom. The Hall–Kier alpha value is -1.40. The van der Waals surface area contributed by atoms with E-state index in [9.17, 15) is 24.9 Å². The van der Waals surface area contributed by atoms with Crippen LogP contribution < -0.4 is 0 Å². The Kier molecular flexibility index (Phi) is 2.61. The molecule has 8 atom stereocenters. The molecular formula is C19H24O6. The molecule has 25 heavy (non-hydrogen) atoms. The van der Waals surface area contributed by atoms with Gasteiger partial charge in [-0.3, -0.25) is 9.59 Å². The van der Waals surface area contributed by atoms with Gasteiger partial charge in [-0.05, 0) is 50.0 Å². The van der Waals surface area contributed by atoms with Crippen molar-refractivity contribution in [3.63, 3.8) is 0 Å². The van der Waals surface area contributed by atoms with Gasteiger partial charge in [0.15, 0.2) is 0 Å². The van der Waals surface area contributed by atoms with Gasteiger partial charge >= 0.3 is 11.9 Å². The summed E-state index contributed by atoms with van der Waals surface area (Å²) >= 11 is 0. The third-order valence-corrected chi connectivity index (χ3v) is 8.35. The van der Waals surface area contributed by atoms with Crippen molar-refractivity contribution in [2.75, 3.05) is 0 Å². The zero-order valence-corrected chi connectivity index (χ0v) is 14.3. The molecule has 1 heterocycles. The minimum Gasteiger partial charge on any atom is -0.481 e. The molecule has 6 nitrogen and oxygen atoms in total. The highest BCUT2D eigenvalue weighted by atomic mass is 16.6. The van der Waals surface area contributed by atoms with E-state index in [1.165, 1.54) is 0 Å². The van der Waals surface area contributed by atoms with Gasteiger partial charge in [0.2, 0.25) is 0 Å². The molecule has 5 rings (SSSR count). The lowest BCUT2D eigenvalue weighted by Crippen LogP contribution is -2.51. The first-order valence-electron chi connectivity index (χ1n) is 9.14. The fraction of sp³-hybridized carbons (Fsp3) is 0.789. The number of aliphatic hydroxyl groups excluding tert-OH is 1. The van der Waals surface area contributed by atoms with Crippen LogP contribution in [0.5, 0.6) is 0 Å². The third kappa shape index (κ3) is 1.48. The van der Waals surface area contributed by atoms with Crippen molar-refractivity contribution < 1.29 is 29.6 Å². The second-order valence-electron chi connectivity index (χ2n) is 9.43. The third-order valence-electron chi connectivity index (χ3n) is 8.35. The molecule has 4 bridgehead atoms. The molecule has 0 amide bonds. The van der Waals surface area contributed by atoms with Gasteiger partial charge in [-0.15, -0.1) is 0 Å². The summed E-state index contributed by atoms with van der Waals surface area (Å²) < 4.78 is 5.96. The van der Waals surface area contributed by atoms with Crippen molar-refractivity contribution >= 4 is 11.9 Å². The smallest absolute Gasteiger partial charge is 0.312 e. The van der Waals surface area contributed by atoms with E-state index in [0.29, 0.717) is 37.7 Å². The Labute approximate surface area is 145 Å². The van der Waals surface area contributed by atoms with Crippen LogP contribution in [0.25, 0.3) is 0 Å². The number of carboxylic acid groups (broad SMARTS) is 1. The topological polar surface area (TPSA) is 104 Å². The van der Waals surface area contributed by atoms with Crippen molar-refractivity contribution in [1.29, 1.82) is 0 Å². The molecule has 0 radical (unpaired) electrons. The molecule has 4 aliphatic carbocycles. The quantitative estimate of drug-likeness (QED) is 0.487. The van der Waals surface area contributed by atoms with Gasteiger partial charge in [0, 0.05) is 18.3 Å². The zero-order chi connectivity index (χ0) is 18.0. The van der Waals surface area contributed by atoms with E-state index in [-0.39, 0.29) is 18.3 Å². The Morgan fingerprint density at radius 1 is 1.36 bits per heavy atom. The summed E-state index contributed by atoms with van der Waals surface area (Å²) in [6.07, 6.45) is 1.85. The molecule has 6 heteroatoms. The van der Waals surface area contributed by atoms with Gasteiger partial charge in [0.1, 0.15) is 5.60 Å². The summed E-state index contributed by atoms with van der Waals surface area (Å²) in [6, 6.07) is 0. The maximum Gasteiger partial charge on any atom is 0.312 e. The predicted molar refractivity (Wildman–Crippen MR) is 85.3 cm³/mol. The van der Waals surface area contributed by atoms with Gasteiger partial charge in [-0.1, -0.05) is 6.58 Å². The monoisotopic (exact) mass is 348 g/mol. The van der Waals surface area contributed by atoms with Gasteiger partial charge in [-0.2, -0.15) is 0 Å². The second kappa shape index (κ2) is 4.12. The van der Waals surface area contributed by atoms with Crippen LogP contribution in [0.3, 0.4) is 0 Å². The lowest BCUT2D eigenvalue weighted by molar-refractivity contribution is -0.163. The molecule has 5 fully saturated rings. The van der Waals surface area contributed by atoms with Gasteiger partial charge in [0.25, 0.3) is 0 Å². The van der Waals surface area contributed by atoms with Crippen LogP contribution in [0, 0.1) is 28.6 Å². The summed E-state index contributed by atoms with van der Waals surface area (Å²) in [5.74, 6) is -2.64. The van der Waals surface area contributed by atoms with Crippen molar-refractivity contribution in [1.82, 2.24) is 0 Å². The largest absolute Gasteiger partial charge is 0.481 e. The van der Waals surface area contributed by atoms with E-state index in [1.807, 2.05) is 0 Å². The number of aliphatic carboxylic acids is 1. The Bertz CT molecular complexity index is 731. The molecule has 0 aromatic rings. The minimum atomic E-state index is -1.00. The van der Waals surface area contributed by atoms with E-state index >= 15 is 0 Å². The van der Waals surface area contributed by atoms with E-state index in [2.05, 4.69) is 6.58 Å². The van der Waals surface area contributed by atoms with E-state index in [0.717, 1.165) is 0 Å². The SMILES string of the molecule is C=C1C[C@]23C[C@@]1(O)CC[C@H]2[C@@]12C[C@H](O)CC(C)(C(=O)O1)[C@H]2[C@@H]3C(=O)O. The molecule has 3 N–H and O–H groups in total. The Morgan fingerprint density at radius 3 is 2.76 bits per heavy atom. The molecule has 136 valence electrons. The highest BCUT2D eigenvalue weighted by molar-refractivity contribution is 5.84. The number of carbonyl (C=O) groups excluding carboxylic acids is 1. The summed E-state index contributed by atoms with van der Waals surface area (Å²) in [7, 11) is 0. The van der Waals surface area contributed by atoms with Gasteiger partial charge in [0.05, 0.1) is 23.0 Å². The van der Waals surface area contributed by atoms with Crippen LogP contribution in [-0.4, -0.2) is 44.6 Å². The first kappa shape index (κ1) is 15.8. The molecule has 5 aliphatic rings. The van der Waals surface area contributed by atoms with Crippen LogP contribution in [-0.2, 0) is 14.3 Å². The Balaban J connectivity index is 1.76. The number of ether oxygens (including phenoxy) is 1. The van der Waals surface area contributed by atoms with Crippen molar-refractivity contribution in [2.24, 2.45) is 28.6 Å². The predicted octanol–water partition coefficient (Wildman–Crippen LogP) is 1.25. The first-order chi connectivity index (χ1) is 11.6. The first-order valence-corrected chi connectivity index (χ1v) is 9.14. The van der Waals surface area contributed by atoms with Gasteiger partial charge < -0.3 is 20.1 Å². The standard InChI is InChI=1S/C19H24O6/c1-9-5-17-8-18(9,24)4-3-11(17)19-7-10(20)6-16(2,15(23)25-19)13(19)12(17)14(21)22/h10-13,20,24H,1,3-8H2,2H3,(H,21,22)/t10-,11-,12-,13-,16?,17+,18+,19-/m1/s1. The van der Waals surface area contributed by atoms with Crippen LogP contribution in [0.1, 0.15) is 45.4 Å². The summed E-state index contributed by atoms with van der Waals surface area (Å²) in [5, 5.41) is 31.6. The number of hydrogen-bond acceptors (Lipinski definition) is 5. The number of hydrogen-bond donors (Lipinski definition) is 3. The molecule has 0 aromatic heterocycles. The number of aliphatic hydroxyl groups is 2. The minimum absolute atomic E-state index is 0.147. The van der Waals surface area contributed by atoms with Crippen molar-refractivity contribution in [3.8, 4) is 0 Å². The lowest BCUT2D eigenvalue weighted by atomic mass is 9.59. The van der Waals surface area contributed by atoms with Crippen LogP contribution >= 0.6 is 0 Å². The summed E-state index contributed by atoms with van der Waals surface area (Å²) in [5.41, 5.74) is -2.82. The summed E-state index contributed by atoms with van der Waals surface area (Å²) in [6.45, 7) is 5.80. The number of esters is 1. The maximum atomic E-state index is 12.7. The van der Waals surface area contributed by atoms with Crippen molar-refractivity contribution in [2.45, 2.75) is 62.8 Å². The van der Waals surface area contributed by atoms with Crippen LogP contribution in [0.2, 0.25) is 0 Å². The number of carboxylic acids is 1. The van der Waals surface area contributed by atoms with Crippen LogP contribution in [0.4, 0.5) is 0 Å². The molecule has 1 saturated heterocycles. The molecule has 1 unspecified atom stereocenters. The highest BCUT2D eigenvalue weighted by Gasteiger charge is 2.83. The molecule has 1 spiro atoms. The number of carbonyl (C=O) groups is 2.